The Morgan fingerprint density at radius 2 is 1.95 bits per heavy atom. The number of hydrogen-bond acceptors (Lipinski definition) is 3. The van der Waals surface area contributed by atoms with Gasteiger partial charge >= 0.3 is 0 Å². The van der Waals surface area contributed by atoms with Crippen molar-refractivity contribution in [1.82, 2.24) is 10.2 Å². The molecule has 1 amide bonds. The largest absolute Gasteiger partial charge is 0.368 e. The Labute approximate surface area is 118 Å². The maximum Gasteiger partial charge on any atom is 0.237 e. The highest BCUT2D eigenvalue weighted by Gasteiger charge is 2.32. The predicted molar refractivity (Wildman–Crippen MR) is 80.0 cm³/mol. The van der Waals surface area contributed by atoms with Gasteiger partial charge in [0.05, 0.1) is 5.54 Å². The van der Waals surface area contributed by atoms with Crippen molar-refractivity contribution in [3.05, 3.63) is 0 Å². The zero-order valence-corrected chi connectivity index (χ0v) is 13.1. The van der Waals surface area contributed by atoms with Gasteiger partial charge in [0.2, 0.25) is 5.91 Å². The summed E-state index contributed by atoms with van der Waals surface area (Å²) in [5.41, 5.74) is 5.46. The number of carbonyl (C=O) groups is 1. The van der Waals surface area contributed by atoms with Crippen LogP contribution in [0.15, 0.2) is 0 Å². The van der Waals surface area contributed by atoms with Crippen LogP contribution in [-0.2, 0) is 4.79 Å². The molecule has 0 radical (unpaired) electrons. The van der Waals surface area contributed by atoms with E-state index in [9.17, 15) is 4.79 Å². The second kappa shape index (κ2) is 6.71. The maximum absolute atomic E-state index is 11.6. The van der Waals surface area contributed by atoms with Crippen molar-refractivity contribution < 1.29 is 4.79 Å². The molecule has 1 unspecified atom stereocenters. The third kappa shape index (κ3) is 5.11. The van der Waals surface area contributed by atoms with Gasteiger partial charge in [-0.1, -0.05) is 20.8 Å². The molecule has 1 fully saturated rings. The van der Waals surface area contributed by atoms with Crippen LogP contribution in [0.2, 0.25) is 0 Å². The zero-order valence-electron chi connectivity index (χ0n) is 13.1. The average molecular weight is 269 g/mol. The summed E-state index contributed by atoms with van der Waals surface area (Å²) in [7, 11) is 0. The summed E-state index contributed by atoms with van der Waals surface area (Å²) in [6, 6.07) is 0. The predicted octanol–water partition coefficient (Wildman–Crippen LogP) is 1.74. The van der Waals surface area contributed by atoms with Crippen LogP contribution in [0.5, 0.6) is 0 Å². The highest BCUT2D eigenvalue weighted by atomic mass is 16.1. The molecule has 0 spiro atoms. The van der Waals surface area contributed by atoms with Gasteiger partial charge in [-0.2, -0.15) is 0 Å². The molecule has 4 heteroatoms. The first kappa shape index (κ1) is 16.4. The maximum atomic E-state index is 11.6. The summed E-state index contributed by atoms with van der Waals surface area (Å²) in [6.45, 7) is 12.8. The minimum absolute atomic E-state index is 0.238. The molecule has 0 aromatic heterocycles. The van der Waals surface area contributed by atoms with Crippen LogP contribution >= 0.6 is 0 Å². The summed E-state index contributed by atoms with van der Waals surface area (Å²) < 4.78 is 0. The van der Waals surface area contributed by atoms with Crippen LogP contribution in [0.1, 0.15) is 53.4 Å². The lowest BCUT2D eigenvalue weighted by Gasteiger charge is -2.38. The molecule has 112 valence electrons. The Morgan fingerprint density at radius 1 is 1.37 bits per heavy atom. The fourth-order valence-corrected chi connectivity index (χ4v) is 2.46. The number of amides is 1. The molecular formula is C15H31N3O. The van der Waals surface area contributed by atoms with Crippen LogP contribution < -0.4 is 11.1 Å². The Balaban J connectivity index is 2.42. The Bertz CT molecular complexity index is 294. The quantitative estimate of drug-likeness (QED) is 0.740. The van der Waals surface area contributed by atoms with Crippen LogP contribution in [0.4, 0.5) is 0 Å². The van der Waals surface area contributed by atoms with Gasteiger partial charge < -0.3 is 16.0 Å². The molecule has 1 saturated heterocycles. The van der Waals surface area contributed by atoms with Crippen LogP contribution in [0, 0.1) is 5.41 Å². The molecule has 0 aromatic rings. The van der Waals surface area contributed by atoms with Gasteiger partial charge in [-0.05, 0) is 57.7 Å². The van der Waals surface area contributed by atoms with Gasteiger partial charge in [0.15, 0.2) is 0 Å². The molecule has 1 atom stereocenters. The average Bonchev–Trinajstić information content (AvgIpc) is 2.35. The fraction of sp³-hybridized carbons (Fsp3) is 0.933. The number of nitrogens with zero attached hydrogens (tertiary/aromatic N) is 1. The van der Waals surface area contributed by atoms with E-state index in [1.54, 1.807) is 0 Å². The Kier molecular flexibility index (Phi) is 5.81. The summed E-state index contributed by atoms with van der Waals surface area (Å²) in [5.74, 6) is -0.238. The summed E-state index contributed by atoms with van der Waals surface area (Å²) in [4.78, 5) is 14.1. The highest BCUT2D eigenvalue weighted by molar-refractivity contribution is 5.84. The van der Waals surface area contributed by atoms with Gasteiger partial charge in [-0.3, -0.25) is 4.79 Å². The van der Waals surface area contributed by atoms with E-state index < -0.39 is 5.54 Å². The van der Waals surface area contributed by atoms with Crippen LogP contribution in [0.3, 0.4) is 0 Å². The number of piperidine rings is 1. The second-order valence-electron chi connectivity index (χ2n) is 6.88. The van der Waals surface area contributed by atoms with E-state index in [0.717, 1.165) is 39.0 Å². The molecule has 0 bridgehead atoms. The molecule has 1 aliphatic rings. The summed E-state index contributed by atoms with van der Waals surface area (Å²) in [5, 5.41) is 3.30. The van der Waals surface area contributed by atoms with Crippen LogP contribution in [-0.4, -0.2) is 42.5 Å². The lowest BCUT2D eigenvalue weighted by Crippen LogP contribution is -2.55. The molecule has 3 N–H and O–H groups in total. The molecule has 1 heterocycles. The lowest BCUT2D eigenvalue weighted by molar-refractivity contribution is -0.124. The van der Waals surface area contributed by atoms with Crippen molar-refractivity contribution in [3.8, 4) is 0 Å². The Hall–Kier alpha value is -0.610. The molecule has 0 aliphatic carbocycles. The number of carbonyl (C=O) groups excluding carboxylic acids is 1. The highest BCUT2D eigenvalue weighted by Crippen LogP contribution is 2.29. The first-order chi connectivity index (χ1) is 8.79. The molecule has 1 rings (SSSR count). The van der Waals surface area contributed by atoms with Gasteiger partial charge in [0.25, 0.3) is 0 Å². The van der Waals surface area contributed by atoms with E-state index in [-0.39, 0.29) is 5.91 Å². The minimum atomic E-state index is -0.566. The van der Waals surface area contributed by atoms with E-state index >= 15 is 0 Å². The number of likely N-dealkylation sites (tertiary alicyclic amines) is 1. The number of nitrogens with one attached hydrogen (secondary N) is 1. The van der Waals surface area contributed by atoms with Gasteiger partial charge in [-0.15, -0.1) is 0 Å². The first-order valence-electron chi connectivity index (χ1n) is 7.56. The fourth-order valence-electron chi connectivity index (χ4n) is 2.46. The van der Waals surface area contributed by atoms with Crippen molar-refractivity contribution in [2.45, 2.75) is 58.9 Å². The standard InChI is InChI=1S/C15H31N3O/c1-5-9-17-15(4,13(16)19)8-12-18-10-6-14(2,3)7-11-18/h17H,5-12H2,1-4H3,(H2,16,19). The number of nitrogens with two attached hydrogens (primary N) is 1. The minimum Gasteiger partial charge on any atom is -0.368 e. The van der Waals surface area contributed by atoms with E-state index in [0.29, 0.717) is 5.41 Å². The third-order valence-electron chi connectivity index (χ3n) is 4.45. The smallest absolute Gasteiger partial charge is 0.237 e. The van der Waals surface area contributed by atoms with Crippen molar-refractivity contribution in [1.29, 1.82) is 0 Å². The zero-order chi connectivity index (χ0) is 14.5. The molecule has 19 heavy (non-hydrogen) atoms. The molecule has 0 aromatic carbocycles. The number of hydrogen-bond donors (Lipinski definition) is 2. The molecule has 4 nitrogen and oxygen atoms in total. The van der Waals surface area contributed by atoms with Gasteiger partial charge in [-0.25, -0.2) is 0 Å². The van der Waals surface area contributed by atoms with Crippen molar-refractivity contribution in [2.24, 2.45) is 11.1 Å². The summed E-state index contributed by atoms with van der Waals surface area (Å²) in [6.07, 6.45) is 4.29. The molecule has 0 saturated carbocycles. The van der Waals surface area contributed by atoms with E-state index in [2.05, 4.69) is 31.0 Å². The molecular weight excluding hydrogens is 238 g/mol. The van der Waals surface area contributed by atoms with E-state index in [4.69, 9.17) is 5.73 Å². The first-order valence-corrected chi connectivity index (χ1v) is 7.56. The van der Waals surface area contributed by atoms with Crippen molar-refractivity contribution in [2.75, 3.05) is 26.2 Å². The monoisotopic (exact) mass is 269 g/mol. The van der Waals surface area contributed by atoms with Crippen LogP contribution in [0.25, 0.3) is 0 Å². The van der Waals surface area contributed by atoms with Gasteiger partial charge in [0.1, 0.15) is 0 Å². The topological polar surface area (TPSA) is 58.4 Å². The number of rotatable bonds is 7. The normalized spacial score (nSPS) is 22.9. The van der Waals surface area contributed by atoms with Gasteiger partial charge in [0, 0.05) is 6.54 Å². The Morgan fingerprint density at radius 3 is 2.42 bits per heavy atom. The second-order valence-corrected chi connectivity index (χ2v) is 6.88. The SMILES string of the molecule is CCCNC(C)(CCN1CCC(C)(C)CC1)C(N)=O. The summed E-state index contributed by atoms with van der Waals surface area (Å²) >= 11 is 0. The number of primary amides is 1. The van der Waals surface area contributed by atoms with E-state index in [1.807, 2.05) is 6.92 Å². The van der Waals surface area contributed by atoms with Crippen molar-refractivity contribution >= 4 is 5.91 Å². The molecule has 1 aliphatic heterocycles. The van der Waals surface area contributed by atoms with E-state index in [1.165, 1.54) is 12.8 Å². The van der Waals surface area contributed by atoms with Crippen molar-refractivity contribution in [3.63, 3.8) is 0 Å². The lowest BCUT2D eigenvalue weighted by atomic mass is 9.82. The third-order valence-corrected chi connectivity index (χ3v) is 4.45.